The summed E-state index contributed by atoms with van der Waals surface area (Å²) in [6.45, 7) is 0. The fourth-order valence-electron chi connectivity index (χ4n) is 2.97. The van der Waals surface area contributed by atoms with E-state index in [1.54, 1.807) is 0 Å². The highest BCUT2D eigenvalue weighted by atomic mass is 19.1. The van der Waals surface area contributed by atoms with E-state index in [9.17, 15) is 23.9 Å². The summed E-state index contributed by atoms with van der Waals surface area (Å²) in [4.78, 5) is 35.5. The van der Waals surface area contributed by atoms with Crippen molar-refractivity contribution in [2.75, 3.05) is 0 Å². The first-order chi connectivity index (χ1) is 12.0. The van der Waals surface area contributed by atoms with Crippen molar-refractivity contribution in [2.45, 2.75) is 25.3 Å². The van der Waals surface area contributed by atoms with Crippen molar-refractivity contribution in [1.82, 2.24) is 15.1 Å². The van der Waals surface area contributed by atoms with Gasteiger partial charge in [-0.1, -0.05) is 6.42 Å². The summed E-state index contributed by atoms with van der Waals surface area (Å²) in [5.74, 6) is -2.56. The van der Waals surface area contributed by atoms with Gasteiger partial charge in [-0.2, -0.15) is 9.78 Å². The molecule has 1 heterocycles. The van der Waals surface area contributed by atoms with Crippen LogP contribution in [0.15, 0.2) is 41.2 Å². The topological polar surface area (TPSA) is 101 Å². The summed E-state index contributed by atoms with van der Waals surface area (Å²) in [5.41, 5.74) is -0.155. The van der Waals surface area contributed by atoms with Crippen LogP contribution in [0.1, 0.15) is 29.8 Å². The Morgan fingerprint density at radius 2 is 1.88 bits per heavy atom. The van der Waals surface area contributed by atoms with Crippen LogP contribution in [0.5, 0.6) is 0 Å². The number of carbonyl (C=O) groups excluding carboxylic acids is 1. The maximum absolute atomic E-state index is 13.0. The standard InChI is InChI=1S/C17H16FN3O4/c18-10-4-6-11(7-5-10)21-15(22)9-8-14(20-21)16(23)19-13-3-1-2-12(13)17(24)25/h4-9,12-13H,1-3H2,(H,19,23)(H,24,25)/t12-,13+/m1/s1. The molecular formula is C17H16FN3O4. The van der Waals surface area contributed by atoms with Crippen LogP contribution >= 0.6 is 0 Å². The minimum absolute atomic E-state index is 0.0139. The molecular weight excluding hydrogens is 329 g/mol. The third-order valence-electron chi connectivity index (χ3n) is 4.25. The van der Waals surface area contributed by atoms with Gasteiger partial charge in [0.15, 0.2) is 0 Å². The molecule has 3 rings (SSSR count). The Bertz CT molecular complexity index is 863. The first-order valence-corrected chi connectivity index (χ1v) is 7.86. The van der Waals surface area contributed by atoms with Crippen molar-refractivity contribution >= 4 is 11.9 Å². The van der Waals surface area contributed by atoms with Gasteiger partial charge in [-0.3, -0.25) is 14.4 Å². The van der Waals surface area contributed by atoms with Crippen molar-refractivity contribution in [1.29, 1.82) is 0 Å². The van der Waals surface area contributed by atoms with Gasteiger partial charge in [0.2, 0.25) is 0 Å². The number of hydrogen-bond donors (Lipinski definition) is 2. The summed E-state index contributed by atoms with van der Waals surface area (Å²) in [5, 5.41) is 15.9. The lowest BCUT2D eigenvalue weighted by Crippen LogP contribution is -2.41. The number of carbonyl (C=O) groups is 2. The van der Waals surface area contributed by atoms with Gasteiger partial charge in [-0.25, -0.2) is 4.39 Å². The molecule has 0 aliphatic heterocycles. The van der Waals surface area contributed by atoms with Crippen LogP contribution < -0.4 is 10.9 Å². The summed E-state index contributed by atoms with van der Waals surface area (Å²) in [6.07, 6.45) is 1.83. The molecule has 25 heavy (non-hydrogen) atoms. The lowest BCUT2D eigenvalue weighted by molar-refractivity contribution is -0.142. The fraction of sp³-hybridized carbons (Fsp3) is 0.294. The lowest BCUT2D eigenvalue weighted by Gasteiger charge is -2.17. The van der Waals surface area contributed by atoms with Crippen LogP contribution in [0.3, 0.4) is 0 Å². The molecule has 1 aliphatic rings. The third-order valence-corrected chi connectivity index (χ3v) is 4.25. The summed E-state index contributed by atoms with van der Waals surface area (Å²) in [7, 11) is 0. The van der Waals surface area contributed by atoms with Gasteiger partial charge < -0.3 is 10.4 Å². The van der Waals surface area contributed by atoms with E-state index in [4.69, 9.17) is 0 Å². The van der Waals surface area contributed by atoms with E-state index in [-0.39, 0.29) is 5.69 Å². The molecule has 0 unspecified atom stereocenters. The smallest absolute Gasteiger partial charge is 0.308 e. The summed E-state index contributed by atoms with van der Waals surface area (Å²) in [6, 6.07) is 7.14. The van der Waals surface area contributed by atoms with Gasteiger partial charge in [0, 0.05) is 12.1 Å². The Balaban J connectivity index is 1.84. The van der Waals surface area contributed by atoms with Crippen LogP contribution in [-0.4, -0.2) is 32.8 Å². The van der Waals surface area contributed by atoms with E-state index in [1.165, 1.54) is 36.4 Å². The van der Waals surface area contributed by atoms with Crippen molar-refractivity contribution < 1.29 is 19.1 Å². The molecule has 1 amide bonds. The fourth-order valence-corrected chi connectivity index (χ4v) is 2.97. The number of halogens is 1. The maximum atomic E-state index is 13.0. The summed E-state index contributed by atoms with van der Waals surface area (Å²) >= 11 is 0. The molecule has 1 aliphatic carbocycles. The molecule has 7 nitrogen and oxygen atoms in total. The number of benzene rings is 1. The number of nitrogens with zero attached hydrogens (tertiary/aromatic N) is 2. The Morgan fingerprint density at radius 3 is 2.56 bits per heavy atom. The number of amides is 1. The number of carboxylic acid groups (broad SMARTS) is 1. The molecule has 1 saturated carbocycles. The van der Waals surface area contributed by atoms with Gasteiger partial charge in [-0.05, 0) is 43.2 Å². The van der Waals surface area contributed by atoms with E-state index in [0.717, 1.165) is 11.1 Å². The predicted molar refractivity (Wildman–Crippen MR) is 86.0 cm³/mol. The molecule has 1 fully saturated rings. The van der Waals surface area contributed by atoms with Gasteiger partial charge in [0.05, 0.1) is 11.6 Å². The van der Waals surface area contributed by atoms with Crippen molar-refractivity contribution in [3.63, 3.8) is 0 Å². The Kier molecular flexibility index (Phi) is 4.60. The van der Waals surface area contributed by atoms with Crippen LogP contribution in [0, 0.1) is 11.7 Å². The van der Waals surface area contributed by atoms with Crippen molar-refractivity contribution in [3.05, 3.63) is 58.3 Å². The van der Waals surface area contributed by atoms with Gasteiger partial charge in [0.1, 0.15) is 11.5 Å². The molecule has 8 heteroatoms. The number of aliphatic carboxylic acids is 1. The van der Waals surface area contributed by atoms with Crippen molar-refractivity contribution in [3.8, 4) is 5.69 Å². The average Bonchev–Trinajstić information content (AvgIpc) is 3.04. The largest absolute Gasteiger partial charge is 0.481 e. The molecule has 130 valence electrons. The van der Waals surface area contributed by atoms with Gasteiger partial charge >= 0.3 is 5.97 Å². The van der Waals surface area contributed by atoms with E-state index in [2.05, 4.69) is 10.4 Å². The molecule has 1 aromatic heterocycles. The van der Waals surface area contributed by atoms with E-state index in [0.29, 0.717) is 18.5 Å². The summed E-state index contributed by atoms with van der Waals surface area (Å²) < 4.78 is 14.0. The van der Waals surface area contributed by atoms with E-state index < -0.39 is 35.2 Å². The zero-order valence-corrected chi connectivity index (χ0v) is 13.2. The number of nitrogens with one attached hydrogen (secondary N) is 1. The Labute approximate surface area is 142 Å². The molecule has 0 radical (unpaired) electrons. The minimum Gasteiger partial charge on any atom is -0.481 e. The molecule has 0 saturated heterocycles. The molecule has 2 N–H and O–H groups in total. The molecule has 1 aromatic carbocycles. The number of hydrogen-bond acceptors (Lipinski definition) is 4. The molecule has 2 aromatic rings. The first kappa shape index (κ1) is 16.8. The second kappa shape index (κ2) is 6.84. The minimum atomic E-state index is -0.938. The zero-order chi connectivity index (χ0) is 18.0. The Hall–Kier alpha value is -3.03. The van der Waals surface area contributed by atoms with Crippen LogP contribution in [-0.2, 0) is 4.79 Å². The van der Waals surface area contributed by atoms with Crippen LogP contribution in [0.4, 0.5) is 4.39 Å². The van der Waals surface area contributed by atoms with E-state index >= 15 is 0 Å². The van der Waals surface area contributed by atoms with E-state index in [1.807, 2.05) is 0 Å². The van der Waals surface area contributed by atoms with Gasteiger partial charge in [0.25, 0.3) is 11.5 Å². The molecule has 2 atom stereocenters. The average molecular weight is 345 g/mol. The predicted octanol–water partition coefficient (Wildman–Crippen LogP) is 1.35. The second-order valence-electron chi connectivity index (χ2n) is 5.90. The van der Waals surface area contributed by atoms with Crippen LogP contribution in [0.2, 0.25) is 0 Å². The number of carboxylic acids is 1. The monoisotopic (exact) mass is 345 g/mol. The quantitative estimate of drug-likeness (QED) is 0.871. The lowest BCUT2D eigenvalue weighted by atomic mass is 10.0. The van der Waals surface area contributed by atoms with Crippen molar-refractivity contribution in [2.24, 2.45) is 5.92 Å². The number of aromatic nitrogens is 2. The Morgan fingerprint density at radius 1 is 1.16 bits per heavy atom. The third kappa shape index (κ3) is 3.57. The number of rotatable bonds is 4. The highest BCUT2D eigenvalue weighted by Crippen LogP contribution is 2.26. The molecule has 0 bridgehead atoms. The SMILES string of the molecule is O=C(N[C@H]1CCC[C@H]1C(=O)O)c1ccc(=O)n(-c2ccc(F)cc2)n1. The van der Waals surface area contributed by atoms with Gasteiger partial charge in [-0.15, -0.1) is 0 Å². The highest BCUT2D eigenvalue weighted by Gasteiger charge is 2.34. The molecule has 0 spiro atoms. The normalized spacial score (nSPS) is 19.6. The highest BCUT2D eigenvalue weighted by molar-refractivity contribution is 5.92. The maximum Gasteiger partial charge on any atom is 0.308 e. The zero-order valence-electron chi connectivity index (χ0n) is 13.2. The second-order valence-corrected chi connectivity index (χ2v) is 5.90. The first-order valence-electron chi connectivity index (χ1n) is 7.86. The van der Waals surface area contributed by atoms with Crippen LogP contribution in [0.25, 0.3) is 5.69 Å².